The standard InChI is InChI=1S/C54H59BrN11O9PS/c1-6-33-28-40(60-53-57-31-46(77(72,73)36-11-9-34(55)10-12-36)51(62-53)59-39-14-13-38-37(50(39)76(4,5)71)30-56-47(7-2)58-38)44(74-3)29-43(33)64-20-18-35(19-21-64)63-22-24-65(25-23-63)49(68)27-32-8-15-41-45(26-32)75-54(70)66(41)42-16-17-48(67)61-52(42)69/h8-15,26,28-31,35,42H,6-7,16-25,27H2,1-5H3,(H,61,67,69)(H2,57,59,60,62). The number of piperazine rings is 1. The number of fused-ring (bicyclic) bond motifs is 2. The van der Waals surface area contributed by atoms with Gasteiger partial charge in [-0.3, -0.25) is 29.2 Å². The normalized spacial score (nSPS) is 17.0. The number of carbonyl (C=O) groups is 3. The molecule has 3 aliphatic rings. The van der Waals surface area contributed by atoms with Gasteiger partial charge in [0.05, 0.1) is 47.0 Å². The maximum Gasteiger partial charge on any atom is 0.420 e. The Kier molecular flexibility index (Phi) is 15.1. The van der Waals surface area contributed by atoms with Gasteiger partial charge in [-0.1, -0.05) is 35.8 Å². The van der Waals surface area contributed by atoms with Crippen LogP contribution < -0.4 is 36.6 Å². The number of amides is 3. The second kappa shape index (κ2) is 21.8. The summed E-state index contributed by atoms with van der Waals surface area (Å²) in [4.78, 5) is 75.7. The molecule has 3 aliphatic heterocycles. The van der Waals surface area contributed by atoms with Crippen LogP contribution in [-0.2, 0) is 48.0 Å². The van der Waals surface area contributed by atoms with E-state index in [0.29, 0.717) is 86.7 Å². The molecule has 0 spiro atoms. The summed E-state index contributed by atoms with van der Waals surface area (Å²) < 4.78 is 56.2. The monoisotopic (exact) mass is 1150 g/mol. The summed E-state index contributed by atoms with van der Waals surface area (Å²) in [6.45, 7) is 11.7. The highest BCUT2D eigenvalue weighted by atomic mass is 79.9. The number of rotatable bonds is 15. The van der Waals surface area contributed by atoms with Crippen molar-refractivity contribution in [2.75, 3.05) is 75.2 Å². The number of hydrogen-bond acceptors (Lipinski definition) is 17. The number of nitrogens with one attached hydrogen (secondary N) is 3. The van der Waals surface area contributed by atoms with Gasteiger partial charge in [-0.15, -0.1) is 0 Å². The minimum absolute atomic E-state index is 0.0166. The molecule has 3 aromatic heterocycles. The average molecular weight is 1150 g/mol. The average Bonchev–Trinajstić information content (AvgIpc) is 3.74. The van der Waals surface area contributed by atoms with Crippen molar-refractivity contribution in [2.45, 2.75) is 80.7 Å². The molecule has 402 valence electrons. The first-order valence-electron chi connectivity index (χ1n) is 25.6. The Hall–Kier alpha value is -7.00. The molecule has 0 saturated carbocycles. The molecule has 0 bridgehead atoms. The van der Waals surface area contributed by atoms with Crippen LogP contribution in [0.3, 0.4) is 0 Å². The van der Waals surface area contributed by atoms with Crippen LogP contribution >= 0.6 is 23.1 Å². The highest BCUT2D eigenvalue weighted by Crippen LogP contribution is 2.43. The first kappa shape index (κ1) is 53.4. The van der Waals surface area contributed by atoms with Gasteiger partial charge in [0.25, 0.3) is 0 Å². The van der Waals surface area contributed by atoms with E-state index in [0.717, 1.165) is 50.3 Å². The van der Waals surface area contributed by atoms with Crippen LogP contribution in [0.5, 0.6) is 5.75 Å². The zero-order chi connectivity index (χ0) is 54.3. The molecule has 4 aromatic carbocycles. The number of sulfone groups is 1. The Morgan fingerprint density at radius 3 is 2.31 bits per heavy atom. The summed E-state index contributed by atoms with van der Waals surface area (Å²) in [6, 6.07) is 18.5. The third kappa shape index (κ3) is 11.0. The molecule has 1 unspecified atom stereocenters. The Morgan fingerprint density at radius 1 is 0.870 bits per heavy atom. The molecule has 0 aliphatic carbocycles. The summed E-state index contributed by atoms with van der Waals surface area (Å²) in [6.07, 6.45) is 6.60. The lowest BCUT2D eigenvalue weighted by Crippen LogP contribution is -2.54. The number of methoxy groups -OCH3 is 1. The lowest BCUT2D eigenvalue weighted by Gasteiger charge is -2.43. The van der Waals surface area contributed by atoms with Gasteiger partial charge in [0.2, 0.25) is 33.5 Å². The predicted molar refractivity (Wildman–Crippen MR) is 298 cm³/mol. The Morgan fingerprint density at radius 2 is 1.62 bits per heavy atom. The number of aromatic nitrogens is 5. The number of anilines is 5. The SMILES string of the molecule is CCc1ncc2c(P(C)(C)=O)c(Nc3nc(Nc4cc(CC)c(N5CCC(N6CCN(C(=O)Cc7ccc8c(c7)oc(=O)n8C7CCC(=O)NC7=O)CC6)CC5)cc4OC)ncc3S(=O)(=O)c3ccc(Br)cc3)ccc2n1. The van der Waals surface area contributed by atoms with E-state index in [2.05, 4.69) is 63.6 Å². The molecule has 6 heterocycles. The van der Waals surface area contributed by atoms with Crippen LogP contribution in [0.2, 0.25) is 0 Å². The van der Waals surface area contributed by atoms with Crippen LogP contribution in [0.1, 0.15) is 62.5 Å². The number of benzene rings is 4. The topological polar surface area (TPSA) is 244 Å². The maximum absolute atomic E-state index is 14.4. The van der Waals surface area contributed by atoms with Crippen LogP contribution in [0, 0.1) is 0 Å². The van der Waals surface area contributed by atoms with Gasteiger partial charge < -0.3 is 34.2 Å². The molecule has 10 rings (SSSR count). The van der Waals surface area contributed by atoms with Gasteiger partial charge in [0.15, 0.2) is 11.4 Å². The molecule has 0 radical (unpaired) electrons. The lowest BCUT2D eigenvalue weighted by molar-refractivity contribution is -0.136. The van der Waals surface area contributed by atoms with E-state index in [1.54, 1.807) is 69.1 Å². The number of nitrogens with zero attached hydrogens (tertiary/aromatic N) is 8. The van der Waals surface area contributed by atoms with E-state index in [-0.39, 0.29) is 58.2 Å². The van der Waals surface area contributed by atoms with Crippen molar-refractivity contribution in [3.8, 4) is 5.75 Å². The predicted octanol–water partition coefficient (Wildman–Crippen LogP) is 7.13. The first-order chi connectivity index (χ1) is 36.9. The zero-order valence-corrected chi connectivity index (χ0v) is 46.6. The van der Waals surface area contributed by atoms with Crippen molar-refractivity contribution in [3.05, 3.63) is 111 Å². The summed E-state index contributed by atoms with van der Waals surface area (Å²) in [7, 11) is -5.62. The highest BCUT2D eigenvalue weighted by Gasteiger charge is 2.34. The summed E-state index contributed by atoms with van der Waals surface area (Å²) in [5.41, 5.74) is 5.15. The number of carbonyl (C=O) groups excluding carboxylic acids is 3. The summed E-state index contributed by atoms with van der Waals surface area (Å²) >= 11 is 3.40. The van der Waals surface area contributed by atoms with Gasteiger partial charge in [0, 0.05) is 91.3 Å². The van der Waals surface area contributed by atoms with Gasteiger partial charge in [-0.05, 0) is 105 Å². The molecule has 3 fully saturated rings. The van der Waals surface area contributed by atoms with E-state index in [9.17, 15) is 32.2 Å². The van der Waals surface area contributed by atoms with Crippen molar-refractivity contribution in [1.82, 2.24) is 39.6 Å². The minimum atomic E-state index is -4.18. The molecular weight excluding hydrogens is 1090 g/mol. The summed E-state index contributed by atoms with van der Waals surface area (Å²) in [5.74, 6) is -0.352. The van der Waals surface area contributed by atoms with Crippen molar-refractivity contribution >= 4 is 107 Å². The fourth-order valence-corrected chi connectivity index (χ4v) is 13.7. The zero-order valence-electron chi connectivity index (χ0n) is 43.3. The summed E-state index contributed by atoms with van der Waals surface area (Å²) in [5, 5.41) is 9.91. The van der Waals surface area contributed by atoms with Gasteiger partial charge in [-0.2, -0.15) is 4.98 Å². The lowest BCUT2D eigenvalue weighted by atomic mass is 9.99. The Bertz CT molecular complexity index is 3680. The van der Waals surface area contributed by atoms with E-state index in [1.165, 1.54) is 22.9 Å². The van der Waals surface area contributed by atoms with Crippen molar-refractivity contribution in [2.24, 2.45) is 0 Å². The fraction of sp³-hybridized carbons (Fsp3) is 0.370. The van der Waals surface area contributed by atoms with Crippen LogP contribution in [-0.4, -0.2) is 126 Å². The van der Waals surface area contributed by atoms with Gasteiger partial charge in [-0.25, -0.2) is 28.2 Å². The maximum atomic E-state index is 14.4. The van der Waals surface area contributed by atoms with Crippen LogP contribution in [0.25, 0.3) is 22.0 Å². The Labute approximate surface area is 453 Å². The van der Waals surface area contributed by atoms with E-state index >= 15 is 0 Å². The first-order valence-corrected chi connectivity index (χ1v) is 30.5. The van der Waals surface area contributed by atoms with Crippen molar-refractivity contribution < 1.29 is 36.5 Å². The Balaban J connectivity index is 0.819. The number of hydrogen-bond donors (Lipinski definition) is 3. The number of aryl methyl sites for hydroxylation is 2. The molecule has 23 heteroatoms. The smallest absolute Gasteiger partial charge is 0.420 e. The van der Waals surface area contributed by atoms with E-state index in [1.807, 2.05) is 24.0 Å². The van der Waals surface area contributed by atoms with Crippen molar-refractivity contribution in [3.63, 3.8) is 0 Å². The van der Waals surface area contributed by atoms with Crippen molar-refractivity contribution in [1.29, 1.82) is 0 Å². The van der Waals surface area contributed by atoms with Gasteiger partial charge >= 0.3 is 5.76 Å². The fourth-order valence-electron chi connectivity index (χ4n) is 10.7. The minimum Gasteiger partial charge on any atom is -0.494 e. The molecule has 7 aromatic rings. The number of halogens is 1. The third-order valence-electron chi connectivity index (χ3n) is 14.6. The molecule has 3 N–H and O–H groups in total. The molecule has 3 saturated heterocycles. The van der Waals surface area contributed by atoms with Crippen LogP contribution in [0.4, 0.5) is 28.8 Å². The third-order valence-corrected chi connectivity index (χ3v) is 18.5. The molecule has 1 atom stereocenters. The molecular formula is C54H59BrN11O9PS. The number of imide groups is 1. The van der Waals surface area contributed by atoms with Crippen LogP contribution in [0.15, 0.2) is 103 Å². The van der Waals surface area contributed by atoms with E-state index < -0.39 is 34.7 Å². The second-order valence-electron chi connectivity index (χ2n) is 19.9. The van der Waals surface area contributed by atoms with Gasteiger partial charge in [0.1, 0.15) is 29.7 Å². The highest BCUT2D eigenvalue weighted by molar-refractivity contribution is 9.10. The number of oxazole rings is 1. The second-order valence-corrected chi connectivity index (χ2v) is 25.8. The quantitative estimate of drug-likeness (QED) is 0.0683. The van der Waals surface area contributed by atoms with E-state index in [4.69, 9.17) is 14.1 Å². The largest absolute Gasteiger partial charge is 0.494 e. The number of ether oxygens (including phenoxy) is 1. The molecule has 77 heavy (non-hydrogen) atoms. The molecule has 3 amide bonds. The number of piperidine rings is 2. The molecule has 20 nitrogen and oxygen atoms in total.